The first kappa shape index (κ1) is 27.4. The molecule has 0 radical (unpaired) electrons. The Morgan fingerprint density at radius 2 is 1.13 bits per heavy atom. The predicted molar refractivity (Wildman–Crippen MR) is 165 cm³/mol. The number of hydrogen-bond donors (Lipinski definition) is 2. The molecule has 0 aliphatic heterocycles. The molecule has 2 heteroatoms. The molecule has 1 aliphatic carbocycles. The van der Waals surface area contributed by atoms with Gasteiger partial charge in [-0.1, -0.05) is 132 Å². The smallest absolute Gasteiger partial charge is 0.0348 e. The zero-order valence-corrected chi connectivity index (χ0v) is 23.3. The van der Waals surface area contributed by atoms with Crippen LogP contribution in [0.5, 0.6) is 0 Å². The van der Waals surface area contributed by atoms with E-state index < -0.39 is 0 Å². The Labute approximate surface area is 233 Å². The fourth-order valence-electron chi connectivity index (χ4n) is 5.36. The summed E-state index contributed by atoms with van der Waals surface area (Å²) in [6.45, 7) is 6.52. The van der Waals surface area contributed by atoms with Gasteiger partial charge >= 0.3 is 0 Å². The fraction of sp³-hybridized carbons (Fsp3) is 0.167. The molecule has 0 saturated carbocycles. The van der Waals surface area contributed by atoms with Gasteiger partial charge in [0.1, 0.15) is 0 Å². The molecule has 0 saturated heterocycles. The Morgan fingerprint density at radius 1 is 0.553 bits per heavy atom. The lowest BCUT2D eigenvalue weighted by atomic mass is 9.73. The van der Waals surface area contributed by atoms with Crippen LogP contribution in [-0.4, -0.2) is 4.55 Å². The Kier molecular flexibility index (Phi) is 9.59. The van der Waals surface area contributed by atoms with Gasteiger partial charge in [0.2, 0.25) is 0 Å². The van der Waals surface area contributed by atoms with Crippen LogP contribution in [0.25, 0.3) is 0 Å². The van der Waals surface area contributed by atoms with Crippen molar-refractivity contribution in [3.05, 3.63) is 177 Å². The zero-order valence-electron chi connectivity index (χ0n) is 22.4. The second kappa shape index (κ2) is 13.3. The second-order valence-electron chi connectivity index (χ2n) is 10.0. The Morgan fingerprint density at radius 3 is 1.76 bits per heavy atom. The summed E-state index contributed by atoms with van der Waals surface area (Å²) in [7, 11) is 0. The SMILES string of the molecule is Cc1ccc2c(c1)Cc1cc(Cc3ccccc3)ccc1C2c1ccccc1C.Cc1ccccc1.OS. The largest absolute Gasteiger partial charge is 0.333 e. The van der Waals surface area contributed by atoms with E-state index in [1.54, 1.807) is 0 Å². The van der Waals surface area contributed by atoms with Gasteiger partial charge in [0, 0.05) is 5.92 Å². The number of thiol groups is 1. The topological polar surface area (TPSA) is 20.2 Å². The third-order valence-electron chi connectivity index (χ3n) is 7.20. The van der Waals surface area contributed by atoms with Crippen molar-refractivity contribution in [3.8, 4) is 0 Å². The molecule has 1 nitrogen and oxygen atoms in total. The lowest BCUT2D eigenvalue weighted by Crippen LogP contribution is -2.16. The van der Waals surface area contributed by atoms with E-state index in [1.807, 2.05) is 18.2 Å². The highest BCUT2D eigenvalue weighted by atomic mass is 32.1. The minimum absolute atomic E-state index is 0.321. The molecular formula is C36H36OS. The summed E-state index contributed by atoms with van der Waals surface area (Å²) in [5, 5.41) is 0. The molecule has 0 aromatic heterocycles. The summed E-state index contributed by atoms with van der Waals surface area (Å²) in [6, 6.07) is 44.0. The molecule has 1 unspecified atom stereocenters. The third-order valence-corrected chi connectivity index (χ3v) is 7.20. The minimum Gasteiger partial charge on any atom is -0.333 e. The van der Waals surface area contributed by atoms with Crippen LogP contribution in [0.3, 0.4) is 0 Å². The molecule has 5 aromatic carbocycles. The van der Waals surface area contributed by atoms with Gasteiger partial charge in [0.25, 0.3) is 0 Å². The van der Waals surface area contributed by atoms with Crippen molar-refractivity contribution in [2.45, 2.75) is 39.5 Å². The summed E-state index contributed by atoms with van der Waals surface area (Å²) < 4.78 is 6.69. The van der Waals surface area contributed by atoms with E-state index in [0.29, 0.717) is 5.92 Å². The predicted octanol–water partition coefficient (Wildman–Crippen LogP) is 9.36. The minimum atomic E-state index is 0.321. The third kappa shape index (κ3) is 6.64. The van der Waals surface area contributed by atoms with Crippen LogP contribution < -0.4 is 0 Å². The van der Waals surface area contributed by atoms with Crippen molar-refractivity contribution in [3.63, 3.8) is 0 Å². The van der Waals surface area contributed by atoms with Gasteiger partial charge in [-0.05, 0) is 91.0 Å². The normalized spacial score (nSPS) is 13.1. The Bertz CT molecular complexity index is 1460. The van der Waals surface area contributed by atoms with E-state index in [9.17, 15) is 0 Å². The first-order valence-corrected chi connectivity index (χ1v) is 13.5. The van der Waals surface area contributed by atoms with Gasteiger partial charge in [-0.3, -0.25) is 0 Å². The first-order chi connectivity index (χ1) is 18.6. The lowest BCUT2D eigenvalue weighted by Gasteiger charge is -2.31. The van der Waals surface area contributed by atoms with Crippen molar-refractivity contribution in [2.24, 2.45) is 0 Å². The van der Waals surface area contributed by atoms with Gasteiger partial charge in [-0.2, -0.15) is 0 Å². The van der Waals surface area contributed by atoms with E-state index in [4.69, 9.17) is 4.55 Å². The van der Waals surface area contributed by atoms with Crippen LogP contribution in [0.1, 0.15) is 61.6 Å². The van der Waals surface area contributed by atoms with E-state index in [1.165, 1.54) is 55.6 Å². The summed E-state index contributed by atoms with van der Waals surface area (Å²) in [4.78, 5) is 0. The Balaban J connectivity index is 0.000000321. The molecule has 38 heavy (non-hydrogen) atoms. The highest BCUT2D eigenvalue weighted by Gasteiger charge is 2.28. The molecule has 0 heterocycles. The number of benzene rings is 5. The molecule has 5 aromatic rings. The molecular weight excluding hydrogens is 480 g/mol. The molecule has 1 atom stereocenters. The molecule has 0 spiro atoms. The summed E-state index contributed by atoms with van der Waals surface area (Å²) in [5.41, 5.74) is 14.1. The number of rotatable bonds is 3. The van der Waals surface area contributed by atoms with Crippen LogP contribution in [0, 0.1) is 20.8 Å². The average Bonchev–Trinajstić information content (AvgIpc) is 2.94. The Hall–Kier alpha value is -3.59. The van der Waals surface area contributed by atoms with Gasteiger partial charge in [-0.25, -0.2) is 0 Å². The van der Waals surface area contributed by atoms with E-state index in [0.717, 1.165) is 12.8 Å². The lowest BCUT2D eigenvalue weighted by molar-refractivity contribution is 0.679. The van der Waals surface area contributed by atoms with E-state index >= 15 is 0 Å². The first-order valence-electron chi connectivity index (χ1n) is 13.1. The maximum Gasteiger partial charge on any atom is 0.0348 e. The highest BCUT2D eigenvalue weighted by Crippen LogP contribution is 2.42. The monoisotopic (exact) mass is 516 g/mol. The molecule has 0 fully saturated rings. The van der Waals surface area contributed by atoms with Crippen LogP contribution in [0.2, 0.25) is 0 Å². The van der Waals surface area contributed by atoms with Crippen molar-refractivity contribution in [1.82, 2.24) is 0 Å². The van der Waals surface area contributed by atoms with Crippen molar-refractivity contribution >= 4 is 12.9 Å². The van der Waals surface area contributed by atoms with Crippen molar-refractivity contribution in [2.75, 3.05) is 0 Å². The van der Waals surface area contributed by atoms with Crippen LogP contribution >= 0.6 is 12.9 Å². The highest BCUT2D eigenvalue weighted by molar-refractivity contribution is 7.74. The fourth-order valence-corrected chi connectivity index (χ4v) is 5.36. The zero-order chi connectivity index (χ0) is 26.9. The molecule has 192 valence electrons. The average molecular weight is 517 g/mol. The standard InChI is InChI=1S/C29H26.C7H8.H2OS/c1-20-12-14-27-24(16-20)19-25-18-23(17-22-9-4-3-5-10-22)13-15-28(25)29(27)26-11-7-6-8-21(26)2;1-7-5-3-2-4-6-7;1-2/h3-16,18,29H,17,19H2,1-2H3;2-6H,1H3;1-2H. The molecule has 1 aliphatic rings. The van der Waals surface area contributed by atoms with Gasteiger partial charge < -0.3 is 4.55 Å². The van der Waals surface area contributed by atoms with E-state index in [-0.39, 0.29) is 0 Å². The molecule has 0 bridgehead atoms. The van der Waals surface area contributed by atoms with Crippen LogP contribution in [0.15, 0.2) is 121 Å². The molecule has 0 amide bonds. The van der Waals surface area contributed by atoms with Crippen molar-refractivity contribution < 1.29 is 4.55 Å². The summed E-state index contributed by atoms with van der Waals surface area (Å²) >= 11 is 2.53. The summed E-state index contributed by atoms with van der Waals surface area (Å²) in [6.07, 6.45) is 2.02. The van der Waals surface area contributed by atoms with Crippen molar-refractivity contribution in [1.29, 1.82) is 0 Å². The van der Waals surface area contributed by atoms with Crippen LogP contribution in [0.4, 0.5) is 0 Å². The van der Waals surface area contributed by atoms with Crippen LogP contribution in [-0.2, 0) is 12.8 Å². The second-order valence-corrected chi connectivity index (χ2v) is 10.0. The maximum atomic E-state index is 6.69. The number of aryl methyl sites for hydroxylation is 3. The maximum absolute atomic E-state index is 6.69. The number of hydrogen-bond acceptors (Lipinski definition) is 2. The van der Waals surface area contributed by atoms with Gasteiger partial charge in [0.15, 0.2) is 0 Å². The van der Waals surface area contributed by atoms with E-state index in [2.05, 4.69) is 137 Å². The molecule has 6 rings (SSSR count). The van der Waals surface area contributed by atoms with Gasteiger partial charge in [-0.15, -0.1) is 0 Å². The number of fused-ring (bicyclic) bond motifs is 2. The quantitative estimate of drug-likeness (QED) is 0.177. The molecule has 1 N–H and O–H groups in total. The summed E-state index contributed by atoms with van der Waals surface area (Å²) in [5.74, 6) is 0.321. The van der Waals surface area contributed by atoms with Gasteiger partial charge in [0.05, 0.1) is 0 Å².